The molecular weight excluding hydrogens is 488 g/mol. The number of benzene rings is 1. The van der Waals surface area contributed by atoms with Gasteiger partial charge < -0.3 is 19.7 Å². The number of aromatic nitrogens is 4. The third-order valence-electron chi connectivity index (χ3n) is 7.76. The number of fused-ring (bicyclic) bond motifs is 1. The largest absolute Gasteiger partial charge is 0.391 e. The van der Waals surface area contributed by atoms with Crippen LogP contribution >= 0.6 is 11.6 Å². The standard InChI is InChI=1S/C28H27ClN6O2/c29-19-3-1-2-17(8-19)21-10-22(21)28(37)33-25-11-27(31-15-30-25)35-13-20(36)9-24(35)23-14-34-12-18(16-4-5-16)6-7-26(34)32-23/h1-3,6-8,11-12,14-16,20-22,24,36H,4-5,9-10,13H2,(H,30,31,33,37)/t20-,21?,22?,24-/m1/s1. The second-order valence-electron chi connectivity index (χ2n) is 10.5. The van der Waals surface area contributed by atoms with E-state index < -0.39 is 6.10 Å². The molecule has 2 N–H and O–H groups in total. The summed E-state index contributed by atoms with van der Waals surface area (Å²) in [5.74, 6) is 1.80. The average molecular weight is 515 g/mol. The highest BCUT2D eigenvalue weighted by atomic mass is 35.5. The minimum Gasteiger partial charge on any atom is -0.391 e. The Bertz CT molecular complexity index is 1500. The van der Waals surface area contributed by atoms with E-state index in [1.807, 2.05) is 24.3 Å². The zero-order valence-electron chi connectivity index (χ0n) is 20.2. The van der Waals surface area contributed by atoms with E-state index in [9.17, 15) is 9.90 Å². The maximum atomic E-state index is 12.9. The fraction of sp³-hybridized carbons (Fsp3) is 0.357. The molecule has 1 saturated heterocycles. The van der Waals surface area contributed by atoms with E-state index in [0.717, 1.165) is 23.3 Å². The monoisotopic (exact) mass is 514 g/mol. The molecular formula is C28H27ClN6O2. The molecule has 3 aromatic heterocycles. The van der Waals surface area contributed by atoms with E-state index >= 15 is 0 Å². The Kier molecular flexibility index (Phi) is 5.41. The number of aliphatic hydroxyl groups is 1. The van der Waals surface area contributed by atoms with E-state index in [0.29, 0.717) is 35.5 Å². The lowest BCUT2D eigenvalue weighted by atomic mass is 10.1. The van der Waals surface area contributed by atoms with Crippen molar-refractivity contribution in [2.24, 2.45) is 5.92 Å². The summed E-state index contributed by atoms with van der Waals surface area (Å²) in [4.78, 5) is 28.6. The predicted octanol–water partition coefficient (Wildman–Crippen LogP) is 4.71. The number of rotatable bonds is 6. The lowest BCUT2D eigenvalue weighted by Gasteiger charge is -2.24. The van der Waals surface area contributed by atoms with E-state index in [2.05, 4.69) is 49.1 Å². The van der Waals surface area contributed by atoms with Crippen LogP contribution in [-0.4, -0.2) is 43.0 Å². The first-order valence-corrected chi connectivity index (χ1v) is 13.2. The number of hydrogen-bond donors (Lipinski definition) is 2. The molecule has 1 aromatic carbocycles. The summed E-state index contributed by atoms with van der Waals surface area (Å²) < 4.78 is 2.09. The number of carbonyl (C=O) groups excluding carboxylic acids is 1. The normalized spacial score (nSPS) is 25.0. The minimum atomic E-state index is -0.491. The van der Waals surface area contributed by atoms with Crippen molar-refractivity contribution >= 4 is 34.8 Å². The number of hydrogen-bond acceptors (Lipinski definition) is 6. The molecule has 3 aliphatic rings. The summed E-state index contributed by atoms with van der Waals surface area (Å²) in [7, 11) is 0. The highest BCUT2D eigenvalue weighted by Crippen LogP contribution is 2.48. The van der Waals surface area contributed by atoms with Crippen LogP contribution in [0.3, 0.4) is 0 Å². The molecule has 7 rings (SSSR count). The molecule has 9 heteroatoms. The highest BCUT2D eigenvalue weighted by Gasteiger charge is 2.44. The molecule has 4 aromatic rings. The van der Waals surface area contributed by atoms with Crippen molar-refractivity contribution in [1.29, 1.82) is 0 Å². The van der Waals surface area contributed by atoms with Crippen molar-refractivity contribution in [1.82, 2.24) is 19.4 Å². The summed E-state index contributed by atoms with van der Waals surface area (Å²) in [5, 5.41) is 14.2. The second-order valence-corrected chi connectivity index (χ2v) is 10.9. The summed E-state index contributed by atoms with van der Waals surface area (Å²) in [5.41, 5.74) is 4.23. The number of β-amino-alcohol motifs (C(OH)–C–C–N with tert-alkyl or cyclic N) is 1. The van der Waals surface area contributed by atoms with Gasteiger partial charge in [0, 0.05) is 42.4 Å². The van der Waals surface area contributed by atoms with Gasteiger partial charge in [-0.2, -0.15) is 0 Å². The van der Waals surface area contributed by atoms with Crippen molar-refractivity contribution in [2.45, 2.75) is 49.7 Å². The van der Waals surface area contributed by atoms with Gasteiger partial charge >= 0.3 is 0 Å². The van der Waals surface area contributed by atoms with Gasteiger partial charge in [-0.15, -0.1) is 0 Å². The number of pyridine rings is 1. The fourth-order valence-electron chi connectivity index (χ4n) is 5.58. The zero-order valence-corrected chi connectivity index (χ0v) is 20.9. The Balaban J connectivity index is 1.09. The van der Waals surface area contributed by atoms with Crippen LogP contribution in [0.4, 0.5) is 11.6 Å². The van der Waals surface area contributed by atoms with Crippen molar-refractivity contribution in [3.63, 3.8) is 0 Å². The van der Waals surface area contributed by atoms with Crippen LogP contribution in [-0.2, 0) is 4.79 Å². The van der Waals surface area contributed by atoms with Crippen LogP contribution in [0.15, 0.2) is 61.2 Å². The molecule has 2 aliphatic carbocycles. The van der Waals surface area contributed by atoms with Gasteiger partial charge in [0.15, 0.2) is 0 Å². The van der Waals surface area contributed by atoms with Crippen LogP contribution in [0.1, 0.15) is 60.4 Å². The van der Waals surface area contributed by atoms with Gasteiger partial charge in [0.05, 0.1) is 17.8 Å². The number of anilines is 2. The first kappa shape index (κ1) is 22.7. The first-order chi connectivity index (χ1) is 18.0. The number of nitrogens with zero attached hydrogens (tertiary/aromatic N) is 5. The molecule has 4 atom stereocenters. The number of carbonyl (C=O) groups is 1. The third kappa shape index (κ3) is 4.45. The van der Waals surface area contributed by atoms with Gasteiger partial charge in [-0.3, -0.25) is 4.79 Å². The smallest absolute Gasteiger partial charge is 0.229 e. The Hall–Kier alpha value is -3.49. The molecule has 2 unspecified atom stereocenters. The lowest BCUT2D eigenvalue weighted by molar-refractivity contribution is -0.117. The van der Waals surface area contributed by atoms with Gasteiger partial charge in [-0.1, -0.05) is 29.8 Å². The third-order valence-corrected chi connectivity index (χ3v) is 8.00. The molecule has 1 aliphatic heterocycles. The minimum absolute atomic E-state index is 0.0561. The van der Waals surface area contributed by atoms with Crippen molar-refractivity contribution < 1.29 is 9.90 Å². The molecule has 1 amide bonds. The van der Waals surface area contributed by atoms with Gasteiger partial charge in [0.25, 0.3) is 0 Å². The van der Waals surface area contributed by atoms with Gasteiger partial charge in [-0.25, -0.2) is 15.0 Å². The maximum Gasteiger partial charge on any atom is 0.229 e. The number of amides is 1. The Morgan fingerprint density at radius 3 is 2.78 bits per heavy atom. The van der Waals surface area contributed by atoms with Crippen molar-refractivity contribution in [3.05, 3.63) is 83.0 Å². The molecule has 2 saturated carbocycles. The molecule has 37 heavy (non-hydrogen) atoms. The average Bonchev–Trinajstić information content (AvgIpc) is 3.81. The van der Waals surface area contributed by atoms with Gasteiger partial charge in [0.1, 0.15) is 23.6 Å². The van der Waals surface area contributed by atoms with E-state index in [1.54, 1.807) is 6.07 Å². The topological polar surface area (TPSA) is 95.7 Å². The zero-order chi connectivity index (χ0) is 25.1. The van der Waals surface area contributed by atoms with Crippen LogP contribution in [0.5, 0.6) is 0 Å². The summed E-state index contributed by atoms with van der Waals surface area (Å²) in [6.45, 7) is 0.440. The van der Waals surface area contributed by atoms with E-state index in [1.165, 1.54) is 24.7 Å². The van der Waals surface area contributed by atoms with E-state index in [4.69, 9.17) is 16.6 Å². The number of aliphatic hydroxyl groups excluding tert-OH is 1. The Labute approximate surface area is 219 Å². The molecule has 3 fully saturated rings. The lowest BCUT2D eigenvalue weighted by Crippen LogP contribution is -2.26. The van der Waals surface area contributed by atoms with Crippen LogP contribution in [0.25, 0.3) is 5.65 Å². The fourth-order valence-corrected chi connectivity index (χ4v) is 5.78. The van der Waals surface area contributed by atoms with Crippen LogP contribution < -0.4 is 10.2 Å². The molecule has 0 bridgehead atoms. The maximum absolute atomic E-state index is 12.9. The summed E-state index contributed by atoms with van der Waals surface area (Å²) >= 11 is 6.12. The Morgan fingerprint density at radius 1 is 1.05 bits per heavy atom. The Morgan fingerprint density at radius 2 is 1.95 bits per heavy atom. The van der Waals surface area contributed by atoms with E-state index in [-0.39, 0.29) is 23.8 Å². The molecule has 0 radical (unpaired) electrons. The summed E-state index contributed by atoms with van der Waals surface area (Å²) in [6.07, 6.45) is 9.06. The number of nitrogens with one attached hydrogen (secondary N) is 1. The molecule has 0 spiro atoms. The van der Waals surface area contributed by atoms with Gasteiger partial charge in [-0.05, 0) is 60.4 Å². The van der Waals surface area contributed by atoms with Gasteiger partial charge in [0.2, 0.25) is 5.91 Å². The van der Waals surface area contributed by atoms with Crippen molar-refractivity contribution in [3.8, 4) is 0 Å². The highest BCUT2D eigenvalue weighted by molar-refractivity contribution is 6.30. The number of halogens is 1. The molecule has 8 nitrogen and oxygen atoms in total. The van der Waals surface area contributed by atoms with Crippen molar-refractivity contribution in [2.75, 3.05) is 16.8 Å². The number of imidazole rings is 1. The molecule has 4 heterocycles. The van der Waals surface area contributed by atoms with Crippen LogP contribution in [0, 0.1) is 5.92 Å². The predicted molar refractivity (Wildman–Crippen MR) is 141 cm³/mol. The first-order valence-electron chi connectivity index (χ1n) is 12.8. The quantitative estimate of drug-likeness (QED) is 0.387. The SMILES string of the molecule is O=C(Nc1cc(N2C[C@H](O)C[C@@H]2c2cn3cc(C4CC4)ccc3n2)ncn1)C1CC1c1cccc(Cl)c1. The molecule has 188 valence electrons. The van der Waals surface area contributed by atoms with Crippen LogP contribution in [0.2, 0.25) is 5.02 Å². The summed E-state index contributed by atoms with van der Waals surface area (Å²) in [6, 6.07) is 13.6. The second kappa shape index (κ2) is 8.82.